The largest absolute Gasteiger partial charge is 0.507 e. The van der Waals surface area contributed by atoms with Crippen LogP contribution in [-0.4, -0.2) is 35.4 Å². The molecule has 0 amide bonds. The van der Waals surface area contributed by atoms with Crippen LogP contribution < -0.4 is 5.32 Å². The maximum atomic E-state index is 10.6. The van der Waals surface area contributed by atoms with Crippen molar-refractivity contribution in [2.45, 2.75) is 19.9 Å². The van der Waals surface area contributed by atoms with Crippen LogP contribution in [0.15, 0.2) is 23.2 Å². The molecule has 0 bridgehead atoms. The van der Waals surface area contributed by atoms with Gasteiger partial charge in [0.2, 0.25) is 0 Å². The molecule has 2 N–H and O–H groups in total. The van der Waals surface area contributed by atoms with Crippen molar-refractivity contribution >= 4 is 11.9 Å². The topological polar surface area (TPSA) is 87.8 Å². The number of nitro benzene ring substituents is 1. The summed E-state index contributed by atoms with van der Waals surface area (Å²) in [4.78, 5) is 14.2. The molecule has 98 valence electrons. The number of hydrogen-bond acceptors (Lipinski definition) is 5. The van der Waals surface area contributed by atoms with E-state index in [0.717, 1.165) is 6.54 Å². The number of phenols is 1. The number of nitro groups is 1. The molecule has 0 fully saturated rings. The van der Waals surface area contributed by atoms with Crippen LogP contribution in [0.5, 0.6) is 5.75 Å². The third-order valence-corrected chi connectivity index (χ3v) is 2.25. The Bertz CT molecular complexity index is 444. The van der Waals surface area contributed by atoms with Gasteiger partial charge in [-0.1, -0.05) is 13.8 Å². The van der Waals surface area contributed by atoms with Gasteiger partial charge in [0.1, 0.15) is 5.75 Å². The lowest BCUT2D eigenvalue weighted by molar-refractivity contribution is -0.384. The van der Waals surface area contributed by atoms with E-state index in [4.69, 9.17) is 0 Å². The first kappa shape index (κ1) is 14.1. The highest BCUT2D eigenvalue weighted by Crippen LogP contribution is 2.21. The molecule has 1 aromatic rings. The van der Waals surface area contributed by atoms with Gasteiger partial charge in [0.15, 0.2) is 0 Å². The van der Waals surface area contributed by atoms with E-state index in [-0.39, 0.29) is 11.4 Å². The average molecular weight is 251 g/mol. The fourth-order valence-corrected chi connectivity index (χ4v) is 1.34. The number of benzene rings is 1. The predicted octanol–water partition coefficient (Wildman–Crippen LogP) is 1.72. The minimum atomic E-state index is -0.503. The summed E-state index contributed by atoms with van der Waals surface area (Å²) in [5.74, 6) is -0.0128. The van der Waals surface area contributed by atoms with Crippen molar-refractivity contribution in [1.82, 2.24) is 5.32 Å². The highest BCUT2D eigenvalue weighted by Gasteiger charge is 2.08. The first-order valence-electron chi connectivity index (χ1n) is 5.71. The molecule has 0 aromatic heterocycles. The monoisotopic (exact) mass is 251 g/mol. The van der Waals surface area contributed by atoms with Crippen LogP contribution in [0, 0.1) is 10.1 Å². The van der Waals surface area contributed by atoms with Gasteiger partial charge in [0.05, 0.1) is 11.5 Å². The zero-order valence-corrected chi connectivity index (χ0v) is 10.5. The van der Waals surface area contributed by atoms with Crippen LogP contribution in [0.4, 0.5) is 5.69 Å². The lowest BCUT2D eigenvalue weighted by Crippen LogP contribution is -2.25. The lowest BCUT2D eigenvalue weighted by Gasteiger charge is -2.04. The number of nitrogens with zero attached hydrogens (tertiary/aromatic N) is 2. The molecule has 0 aliphatic rings. The van der Waals surface area contributed by atoms with Gasteiger partial charge in [-0.2, -0.15) is 0 Å². The summed E-state index contributed by atoms with van der Waals surface area (Å²) >= 11 is 0. The summed E-state index contributed by atoms with van der Waals surface area (Å²) in [5.41, 5.74) is 0.295. The highest BCUT2D eigenvalue weighted by molar-refractivity contribution is 5.84. The molecular formula is C12H17N3O3. The molecular weight excluding hydrogens is 234 g/mol. The zero-order chi connectivity index (χ0) is 13.5. The Morgan fingerprint density at radius 1 is 1.56 bits per heavy atom. The van der Waals surface area contributed by atoms with E-state index in [1.165, 1.54) is 24.4 Å². The number of non-ortho nitro benzene ring substituents is 1. The quantitative estimate of drug-likeness (QED) is 0.349. The van der Waals surface area contributed by atoms with Crippen molar-refractivity contribution in [3.05, 3.63) is 33.9 Å². The minimum Gasteiger partial charge on any atom is -0.507 e. The van der Waals surface area contributed by atoms with E-state index >= 15 is 0 Å². The molecule has 6 heteroatoms. The van der Waals surface area contributed by atoms with Gasteiger partial charge in [-0.3, -0.25) is 15.1 Å². The Hall–Kier alpha value is -1.95. The van der Waals surface area contributed by atoms with Crippen LogP contribution in [0.25, 0.3) is 0 Å². The minimum absolute atomic E-state index is 0.0128. The van der Waals surface area contributed by atoms with Crippen LogP contribution in [0.2, 0.25) is 0 Å². The summed E-state index contributed by atoms with van der Waals surface area (Å²) in [6.07, 6.45) is 1.45. The normalized spacial score (nSPS) is 11.3. The molecule has 0 radical (unpaired) electrons. The number of aliphatic imine (C=N–C) groups is 1. The van der Waals surface area contributed by atoms with E-state index < -0.39 is 4.92 Å². The molecule has 0 atom stereocenters. The van der Waals surface area contributed by atoms with Crippen molar-refractivity contribution in [3.8, 4) is 5.75 Å². The van der Waals surface area contributed by atoms with Crippen LogP contribution >= 0.6 is 0 Å². The molecule has 0 heterocycles. The van der Waals surface area contributed by atoms with E-state index in [0.29, 0.717) is 18.2 Å². The Balaban J connectivity index is 2.63. The average Bonchev–Trinajstić information content (AvgIpc) is 2.30. The maximum absolute atomic E-state index is 10.6. The smallest absolute Gasteiger partial charge is 0.270 e. The summed E-state index contributed by atoms with van der Waals surface area (Å²) in [6, 6.07) is 4.25. The van der Waals surface area contributed by atoms with Crippen molar-refractivity contribution in [2.75, 3.05) is 13.1 Å². The Morgan fingerprint density at radius 2 is 2.28 bits per heavy atom. The zero-order valence-electron chi connectivity index (χ0n) is 10.5. The molecule has 1 aromatic carbocycles. The maximum Gasteiger partial charge on any atom is 0.270 e. The van der Waals surface area contributed by atoms with Crippen LogP contribution in [-0.2, 0) is 0 Å². The van der Waals surface area contributed by atoms with Gasteiger partial charge in [-0.25, -0.2) is 0 Å². The van der Waals surface area contributed by atoms with Crippen molar-refractivity contribution in [3.63, 3.8) is 0 Å². The Morgan fingerprint density at radius 3 is 2.89 bits per heavy atom. The number of hydrogen-bond donors (Lipinski definition) is 2. The summed E-state index contributed by atoms with van der Waals surface area (Å²) in [5, 5.41) is 23.3. The number of nitrogens with one attached hydrogen (secondary N) is 1. The van der Waals surface area contributed by atoms with Crippen molar-refractivity contribution < 1.29 is 10.0 Å². The summed E-state index contributed by atoms with van der Waals surface area (Å²) < 4.78 is 0. The van der Waals surface area contributed by atoms with Gasteiger partial charge in [0, 0.05) is 36.5 Å². The number of aromatic hydroxyl groups is 1. The second-order valence-electron chi connectivity index (χ2n) is 4.14. The van der Waals surface area contributed by atoms with Gasteiger partial charge in [0.25, 0.3) is 5.69 Å². The third-order valence-electron chi connectivity index (χ3n) is 2.25. The van der Waals surface area contributed by atoms with Gasteiger partial charge >= 0.3 is 0 Å². The van der Waals surface area contributed by atoms with Gasteiger partial charge < -0.3 is 10.4 Å². The van der Waals surface area contributed by atoms with Gasteiger partial charge in [-0.05, 0) is 6.07 Å². The van der Waals surface area contributed by atoms with Crippen molar-refractivity contribution in [2.24, 2.45) is 4.99 Å². The second kappa shape index (κ2) is 6.70. The first-order chi connectivity index (χ1) is 8.50. The fraction of sp³-hybridized carbons (Fsp3) is 0.417. The number of phenolic OH excluding ortho intramolecular Hbond substituents is 1. The molecule has 0 saturated heterocycles. The van der Waals surface area contributed by atoms with E-state index in [2.05, 4.69) is 10.3 Å². The standard InChI is InChI=1S/C12H17N3O3/c1-9(2)14-6-5-13-8-10-7-11(15(17)18)3-4-12(10)16/h3-4,7-9,14,16H,5-6H2,1-2H3. The van der Waals surface area contributed by atoms with E-state index in [9.17, 15) is 15.2 Å². The molecule has 0 aliphatic heterocycles. The molecule has 0 unspecified atom stereocenters. The molecule has 18 heavy (non-hydrogen) atoms. The fourth-order valence-electron chi connectivity index (χ4n) is 1.34. The molecule has 0 spiro atoms. The van der Waals surface area contributed by atoms with Crippen molar-refractivity contribution in [1.29, 1.82) is 0 Å². The van der Waals surface area contributed by atoms with E-state index in [1.54, 1.807) is 0 Å². The predicted molar refractivity (Wildman–Crippen MR) is 70.4 cm³/mol. The molecule has 0 aliphatic carbocycles. The lowest BCUT2D eigenvalue weighted by atomic mass is 10.2. The van der Waals surface area contributed by atoms with E-state index in [1.807, 2.05) is 13.8 Å². The first-order valence-corrected chi connectivity index (χ1v) is 5.71. The molecule has 1 rings (SSSR count). The summed E-state index contributed by atoms with van der Waals surface area (Å²) in [6.45, 7) is 5.36. The number of rotatable bonds is 6. The third kappa shape index (κ3) is 4.50. The SMILES string of the molecule is CC(C)NCCN=Cc1cc([N+](=O)[O-])ccc1O. The van der Waals surface area contributed by atoms with Crippen LogP contribution in [0.1, 0.15) is 19.4 Å². The highest BCUT2D eigenvalue weighted by atomic mass is 16.6. The van der Waals surface area contributed by atoms with Gasteiger partial charge in [-0.15, -0.1) is 0 Å². The van der Waals surface area contributed by atoms with Crippen LogP contribution in [0.3, 0.4) is 0 Å². The second-order valence-corrected chi connectivity index (χ2v) is 4.14. The Kier molecular flexibility index (Phi) is 5.26. The Labute approximate surface area is 106 Å². The molecule has 0 saturated carbocycles. The molecule has 6 nitrogen and oxygen atoms in total. The summed E-state index contributed by atoms with van der Waals surface area (Å²) in [7, 11) is 0.